The van der Waals surface area contributed by atoms with E-state index in [1.165, 1.54) is 6.07 Å². The molecule has 0 saturated carbocycles. The predicted octanol–water partition coefficient (Wildman–Crippen LogP) is 3.15. The number of carbonyl (C=O) groups is 1. The number of hydrogen-bond donors (Lipinski definition) is 1. The van der Waals surface area contributed by atoms with Crippen LogP contribution in [0.1, 0.15) is 23.2 Å². The van der Waals surface area contributed by atoms with Crippen LogP contribution in [0.3, 0.4) is 0 Å². The van der Waals surface area contributed by atoms with Crippen LogP contribution in [0, 0.1) is 0 Å². The maximum absolute atomic E-state index is 12.1. The number of aromatic hydroxyl groups is 1. The van der Waals surface area contributed by atoms with Gasteiger partial charge in [-0.3, -0.25) is 4.79 Å². The molecule has 0 spiro atoms. The molecular formula is C11H11Br2NO2. The van der Waals surface area contributed by atoms with Crippen molar-refractivity contribution >= 4 is 37.8 Å². The van der Waals surface area contributed by atoms with E-state index in [1.807, 2.05) is 4.90 Å². The molecule has 16 heavy (non-hydrogen) atoms. The molecule has 0 aliphatic carbocycles. The minimum Gasteiger partial charge on any atom is -0.508 e. The highest BCUT2D eigenvalue weighted by molar-refractivity contribution is 9.13. The van der Waals surface area contributed by atoms with Gasteiger partial charge in [0.25, 0.3) is 5.91 Å². The zero-order valence-electron chi connectivity index (χ0n) is 8.54. The molecule has 1 N–H and O–H groups in total. The van der Waals surface area contributed by atoms with Crippen LogP contribution in [0.4, 0.5) is 0 Å². The van der Waals surface area contributed by atoms with Crippen LogP contribution < -0.4 is 0 Å². The molecule has 1 aliphatic rings. The van der Waals surface area contributed by atoms with Gasteiger partial charge < -0.3 is 10.0 Å². The molecule has 1 fully saturated rings. The Morgan fingerprint density at radius 3 is 2.50 bits per heavy atom. The quantitative estimate of drug-likeness (QED) is 0.846. The molecule has 1 aromatic carbocycles. The van der Waals surface area contributed by atoms with Gasteiger partial charge in [0.15, 0.2) is 0 Å². The average Bonchev–Trinajstić information content (AvgIpc) is 2.75. The highest BCUT2D eigenvalue weighted by Crippen LogP contribution is 2.32. The van der Waals surface area contributed by atoms with Crippen LogP contribution in [-0.2, 0) is 0 Å². The number of likely N-dealkylation sites (tertiary alicyclic amines) is 1. The van der Waals surface area contributed by atoms with Gasteiger partial charge in [0.1, 0.15) is 5.75 Å². The molecule has 1 saturated heterocycles. The van der Waals surface area contributed by atoms with E-state index in [1.54, 1.807) is 6.07 Å². The first-order valence-electron chi connectivity index (χ1n) is 5.07. The van der Waals surface area contributed by atoms with Crippen molar-refractivity contribution < 1.29 is 9.90 Å². The molecule has 1 aromatic rings. The Bertz CT molecular complexity index is 428. The first-order valence-corrected chi connectivity index (χ1v) is 6.65. The lowest BCUT2D eigenvalue weighted by molar-refractivity contribution is 0.0791. The Balaban J connectivity index is 2.35. The molecule has 0 atom stereocenters. The molecule has 1 amide bonds. The fraction of sp³-hybridized carbons (Fsp3) is 0.364. The number of amides is 1. The van der Waals surface area contributed by atoms with Gasteiger partial charge in [0.2, 0.25) is 0 Å². The second-order valence-corrected chi connectivity index (χ2v) is 5.44. The zero-order chi connectivity index (χ0) is 11.7. The summed E-state index contributed by atoms with van der Waals surface area (Å²) in [5.41, 5.74) is 0.508. The van der Waals surface area contributed by atoms with Gasteiger partial charge in [-0.2, -0.15) is 0 Å². The maximum Gasteiger partial charge on any atom is 0.255 e. The maximum atomic E-state index is 12.1. The first kappa shape index (κ1) is 11.9. The Hall–Kier alpha value is -0.550. The molecule has 1 aliphatic heterocycles. The van der Waals surface area contributed by atoms with E-state index < -0.39 is 0 Å². The van der Waals surface area contributed by atoms with Gasteiger partial charge in [-0.25, -0.2) is 0 Å². The summed E-state index contributed by atoms with van der Waals surface area (Å²) in [4.78, 5) is 13.9. The van der Waals surface area contributed by atoms with Crippen molar-refractivity contribution in [2.24, 2.45) is 0 Å². The van der Waals surface area contributed by atoms with Crippen molar-refractivity contribution in [2.75, 3.05) is 13.1 Å². The van der Waals surface area contributed by atoms with E-state index in [4.69, 9.17) is 0 Å². The van der Waals surface area contributed by atoms with Gasteiger partial charge in [0.05, 0.1) is 5.56 Å². The Morgan fingerprint density at radius 1 is 1.25 bits per heavy atom. The van der Waals surface area contributed by atoms with Crippen molar-refractivity contribution in [3.05, 3.63) is 26.6 Å². The average molecular weight is 349 g/mol. The number of rotatable bonds is 1. The predicted molar refractivity (Wildman–Crippen MR) is 68.6 cm³/mol. The molecule has 5 heteroatoms. The standard InChI is InChI=1S/C11H11Br2NO2/c12-9-6-7(15)5-8(10(9)13)11(16)14-3-1-2-4-14/h5-6,15H,1-4H2. The number of carbonyl (C=O) groups excluding carboxylic acids is 1. The third kappa shape index (κ3) is 2.25. The zero-order valence-corrected chi connectivity index (χ0v) is 11.7. The monoisotopic (exact) mass is 347 g/mol. The Labute approximate surface area is 111 Å². The van der Waals surface area contributed by atoms with E-state index in [-0.39, 0.29) is 11.7 Å². The van der Waals surface area contributed by atoms with E-state index >= 15 is 0 Å². The summed E-state index contributed by atoms with van der Waals surface area (Å²) in [6, 6.07) is 3.06. The van der Waals surface area contributed by atoms with Crippen molar-refractivity contribution in [2.45, 2.75) is 12.8 Å². The molecule has 86 valence electrons. The highest BCUT2D eigenvalue weighted by atomic mass is 79.9. The van der Waals surface area contributed by atoms with E-state index in [2.05, 4.69) is 31.9 Å². The van der Waals surface area contributed by atoms with Crippen LogP contribution in [0.25, 0.3) is 0 Å². The van der Waals surface area contributed by atoms with E-state index in [0.29, 0.717) is 14.5 Å². The smallest absolute Gasteiger partial charge is 0.255 e. The topological polar surface area (TPSA) is 40.5 Å². The Morgan fingerprint density at radius 2 is 1.88 bits per heavy atom. The van der Waals surface area contributed by atoms with Gasteiger partial charge in [-0.15, -0.1) is 0 Å². The summed E-state index contributed by atoms with van der Waals surface area (Å²) in [7, 11) is 0. The fourth-order valence-electron chi connectivity index (χ4n) is 1.82. The van der Waals surface area contributed by atoms with E-state index in [0.717, 1.165) is 25.9 Å². The van der Waals surface area contributed by atoms with Gasteiger partial charge in [-0.05, 0) is 56.8 Å². The minimum absolute atomic E-state index is 0.0269. The number of phenolic OH excluding ortho intramolecular Hbond substituents is 1. The van der Waals surface area contributed by atoms with Gasteiger partial charge in [-0.1, -0.05) is 0 Å². The number of benzene rings is 1. The van der Waals surface area contributed by atoms with E-state index in [9.17, 15) is 9.90 Å². The molecule has 3 nitrogen and oxygen atoms in total. The molecule has 0 aromatic heterocycles. The lowest BCUT2D eigenvalue weighted by Gasteiger charge is -2.16. The van der Waals surface area contributed by atoms with Gasteiger partial charge in [0, 0.05) is 22.0 Å². The SMILES string of the molecule is O=C(c1cc(O)cc(Br)c1Br)N1CCCC1. The van der Waals surface area contributed by atoms with Crippen LogP contribution in [-0.4, -0.2) is 29.0 Å². The minimum atomic E-state index is -0.0269. The number of hydrogen-bond acceptors (Lipinski definition) is 2. The molecular weight excluding hydrogens is 338 g/mol. The summed E-state index contributed by atoms with van der Waals surface area (Å²) < 4.78 is 1.39. The molecule has 0 bridgehead atoms. The summed E-state index contributed by atoms with van der Waals surface area (Å²) in [6.45, 7) is 1.61. The molecule has 1 heterocycles. The van der Waals surface area contributed by atoms with Crippen LogP contribution in [0.2, 0.25) is 0 Å². The highest BCUT2D eigenvalue weighted by Gasteiger charge is 2.22. The third-order valence-electron chi connectivity index (χ3n) is 2.64. The Kier molecular flexibility index (Phi) is 3.54. The summed E-state index contributed by atoms with van der Waals surface area (Å²) in [5, 5.41) is 9.49. The molecule has 0 unspecified atom stereocenters. The van der Waals surface area contributed by atoms with Crippen molar-refractivity contribution in [3.63, 3.8) is 0 Å². The largest absolute Gasteiger partial charge is 0.508 e. The third-order valence-corrected chi connectivity index (χ3v) is 4.65. The van der Waals surface area contributed by atoms with Crippen LogP contribution >= 0.6 is 31.9 Å². The summed E-state index contributed by atoms with van der Waals surface area (Å²) in [6.07, 6.45) is 2.12. The fourth-order valence-corrected chi connectivity index (χ4v) is 2.67. The second-order valence-electron chi connectivity index (χ2n) is 3.79. The summed E-state index contributed by atoms with van der Waals surface area (Å²) in [5.74, 6) is 0.0681. The lowest BCUT2D eigenvalue weighted by atomic mass is 10.2. The van der Waals surface area contributed by atoms with Crippen molar-refractivity contribution in [3.8, 4) is 5.75 Å². The summed E-state index contributed by atoms with van der Waals surface area (Å²) >= 11 is 6.65. The molecule has 2 rings (SSSR count). The van der Waals surface area contributed by atoms with Crippen LogP contribution in [0.5, 0.6) is 5.75 Å². The number of halogens is 2. The molecule has 0 radical (unpaired) electrons. The van der Waals surface area contributed by atoms with Crippen LogP contribution in [0.15, 0.2) is 21.1 Å². The number of nitrogens with zero attached hydrogens (tertiary/aromatic N) is 1. The number of phenols is 1. The van der Waals surface area contributed by atoms with Gasteiger partial charge >= 0.3 is 0 Å². The second kappa shape index (κ2) is 4.75. The first-order chi connectivity index (χ1) is 7.59. The normalized spacial score (nSPS) is 15.5. The lowest BCUT2D eigenvalue weighted by Crippen LogP contribution is -2.27. The van der Waals surface area contributed by atoms with Crippen molar-refractivity contribution in [1.82, 2.24) is 4.90 Å². The van der Waals surface area contributed by atoms with Crippen molar-refractivity contribution in [1.29, 1.82) is 0 Å².